The van der Waals surface area contributed by atoms with Gasteiger partial charge >= 0.3 is 12.1 Å². The lowest BCUT2D eigenvalue weighted by molar-refractivity contribution is 0.0171. The Balaban J connectivity index is 1.76. The Labute approximate surface area is 143 Å². The Morgan fingerprint density at radius 1 is 1.04 bits per heavy atom. The molecule has 0 aliphatic carbocycles. The molecule has 1 aromatic rings. The van der Waals surface area contributed by atoms with E-state index in [4.69, 9.17) is 4.74 Å². The van der Waals surface area contributed by atoms with E-state index in [1.807, 2.05) is 57.2 Å². The molecule has 1 fully saturated rings. The van der Waals surface area contributed by atoms with E-state index in [1.54, 1.807) is 16.0 Å². The maximum absolute atomic E-state index is 12.1. The molecular weight excluding hydrogens is 306 g/mol. The summed E-state index contributed by atoms with van der Waals surface area (Å²) in [6.07, 6.45) is 3.15. The number of amides is 3. The Bertz CT molecular complexity index is 585. The second-order valence-electron chi connectivity index (χ2n) is 6.65. The lowest BCUT2D eigenvalue weighted by atomic mass is 10.2. The predicted molar refractivity (Wildman–Crippen MR) is 93.4 cm³/mol. The normalized spacial score (nSPS) is 15.5. The van der Waals surface area contributed by atoms with Crippen molar-refractivity contribution in [2.24, 2.45) is 0 Å². The quantitative estimate of drug-likeness (QED) is 0.906. The molecule has 0 radical (unpaired) electrons. The summed E-state index contributed by atoms with van der Waals surface area (Å²) in [6.45, 7) is 7.46. The van der Waals surface area contributed by atoms with Gasteiger partial charge in [-0.25, -0.2) is 9.59 Å². The van der Waals surface area contributed by atoms with E-state index in [-0.39, 0.29) is 12.1 Å². The van der Waals surface area contributed by atoms with Crippen molar-refractivity contribution in [1.82, 2.24) is 15.1 Å². The van der Waals surface area contributed by atoms with Gasteiger partial charge in [-0.1, -0.05) is 30.3 Å². The van der Waals surface area contributed by atoms with E-state index in [2.05, 4.69) is 5.32 Å². The summed E-state index contributed by atoms with van der Waals surface area (Å²) in [6, 6.07) is 9.59. The molecule has 24 heavy (non-hydrogen) atoms. The summed E-state index contributed by atoms with van der Waals surface area (Å²) in [7, 11) is 0. The summed E-state index contributed by atoms with van der Waals surface area (Å²) >= 11 is 0. The first-order valence-corrected chi connectivity index (χ1v) is 8.10. The molecule has 6 heteroatoms. The number of benzene rings is 1. The molecule has 3 amide bonds. The molecule has 1 aromatic carbocycles. The second kappa shape index (κ2) is 7.86. The molecule has 1 N–H and O–H groups in total. The zero-order chi connectivity index (χ0) is 17.6. The average Bonchev–Trinajstić information content (AvgIpc) is 2.54. The van der Waals surface area contributed by atoms with E-state index in [9.17, 15) is 9.59 Å². The largest absolute Gasteiger partial charge is 0.444 e. The minimum absolute atomic E-state index is 0.161. The molecule has 1 aliphatic heterocycles. The third-order valence-corrected chi connectivity index (χ3v) is 3.50. The van der Waals surface area contributed by atoms with Gasteiger partial charge in [-0.05, 0) is 32.4 Å². The van der Waals surface area contributed by atoms with Crippen LogP contribution in [-0.4, -0.2) is 53.7 Å². The highest BCUT2D eigenvalue weighted by Crippen LogP contribution is 2.12. The van der Waals surface area contributed by atoms with Gasteiger partial charge in [0.2, 0.25) is 0 Å². The van der Waals surface area contributed by atoms with Crippen LogP contribution in [0.5, 0.6) is 0 Å². The fourth-order valence-electron chi connectivity index (χ4n) is 2.28. The van der Waals surface area contributed by atoms with Gasteiger partial charge in [0.1, 0.15) is 5.60 Å². The first-order valence-electron chi connectivity index (χ1n) is 8.10. The number of nitrogens with zero attached hydrogens (tertiary/aromatic N) is 2. The number of piperazine rings is 1. The smallest absolute Gasteiger partial charge is 0.410 e. The van der Waals surface area contributed by atoms with Crippen LogP contribution in [0.2, 0.25) is 0 Å². The highest BCUT2D eigenvalue weighted by molar-refractivity contribution is 5.76. The number of ether oxygens (including phenoxy) is 1. The van der Waals surface area contributed by atoms with Crippen molar-refractivity contribution in [2.75, 3.05) is 26.2 Å². The van der Waals surface area contributed by atoms with Crippen molar-refractivity contribution in [3.05, 3.63) is 42.1 Å². The lowest BCUT2D eigenvalue weighted by Gasteiger charge is -2.35. The van der Waals surface area contributed by atoms with Gasteiger partial charge < -0.3 is 19.9 Å². The monoisotopic (exact) mass is 331 g/mol. The van der Waals surface area contributed by atoms with Gasteiger partial charge in [-0.15, -0.1) is 0 Å². The number of hydrogen-bond acceptors (Lipinski definition) is 3. The summed E-state index contributed by atoms with van der Waals surface area (Å²) in [5.74, 6) is 0. The Kier molecular flexibility index (Phi) is 5.84. The van der Waals surface area contributed by atoms with Crippen molar-refractivity contribution < 1.29 is 14.3 Å². The highest BCUT2D eigenvalue weighted by atomic mass is 16.6. The topological polar surface area (TPSA) is 61.9 Å². The minimum atomic E-state index is -0.506. The minimum Gasteiger partial charge on any atom is -0.444 e. The van der Waals surface area contributed by atoms with Gasteiger partial charge in [0.15, 0.2) is 0 Å². The molecule has 0 atom stereocenters. The third kappa shape index (κ3) is 5.61. The number of hydrogen-bond donors (Lipinski definition) is 1. The zero-order valence-corrected chi connectivity index (χ0v) is 14.5. The number of urea groups is 1. The van der Waals surface area contributed by atoms with E-state index >= 15 is 0 Å². The van der Waals surface area contributed by atoms with E-state index in [0.29, 0.717) is 26.2 Å². The van der Waals surface area contributed by atoms with E-state index in [1.165, 1.54) is 0 Å². The maximum Gasteiger partial charge on any atom is 0.410 e. The van der Waals surface area contributed by atoms with Crippen LogP contribution in [0.4, 0.5) is 9.59 Å². The number of carbonyl (C=O) groups excluding carboxylic acids is 2. The van der Waals surface area contributed by atoms with Gasteiger partial charge in [0.25, 0.3) is 0 Å². The van der Waals surface area contributed by atoms with E-state index in [0.717, 1.165) is 5.56 Å². The predicted octanol–water partition coefficient (Wildman–Crippen LogP) is 2.92. The molecule has 6 nitrogen and oxygen atoms in total. The Morgan fingerprint density at radius 2 is 1.62 bits per heavy atom. The summed E-state index contributed by atoms with van der Waals surface area (Å²) in [5, 5.41) is 2.75. The second-order valence-corrected chi connectivity index (χ2v) is 6.65. The number of nitrogens with one attached hydrogen (secondary N) is 1. The first kappa shape index (κ1) is 17.8. The molecule has 0 saturated carbocycles. The zero-order valence-electron chi connectivity index (χ0n) is 14.5. The van der Waals surface area contributed by atoms with Crippen LogP contribution in [0.3, 0.4) is 0 Å². The summed E-state index contributed by atoms with van der Waals surface area (Å²) in [5.41, 5.74) is 0.515. The van der Waals surface area contributed by atoms with Crippen LogP contribution in [0.25, 0.3) is 6.08 Å². The molecule has 1 aliphatic rings. The molecule has 0 aromatic heterocycles. The molecule has 1 saturated heterocycles. The van der Waals surface area contributed by atoms with Crippen molar-refractivity contribution in [2.45, 2.75) is 26.4 Å². The fraction of sp³-hybridized carbons (Fsp3) is 0.444. The molecule has 130 valence electrons. The van der Waals surface area contributed by atoms with Crippen LogP contribution in [-0.2, 0) is 4.74 Å². The standard InChI is InChI=1S/C18H25N3O3/c1-18(2,3)24-17(23)21-13-11-20(12-14-21)16(22)19-10-9-15-7-5-4-6-8-15/h4-10H,11-14H2,1-3H3,(H,19,22)/b10-9+. The SMILES string of the molecule is CC(C)(C)OC(=O)N1CCN(C(=O)N/C=C/c2ccccc2)CC1. The van der Waals surface area contributed by atoms with Crippen LogP contribution in [0.1, 0.15) is 26.3 Å². The van der Waals surface area contributed by atoms with Crippen molar-refractivity contribution in [3.63, 3.8) is 0 Å². The van der Waals surface area contributed by atoms with E-state index < -0.39 is 5.60 Å². The summed E-state index contributed by atoms with van der Waals surface area (Å²) in [4.78, 5) is 27.4. The van der Waals surface area contributed by atoms with Crippen LogP contribution in [0, 0.1) is 0 Å². The van der Waals surface area contributed by atoms with Crippen LogP contribution in [0.15, 0.2) is 36.5 Å². The van der Waals surface area contributed by atoms with Gasteiger partial charge in [-0.2, -0.15) is 0 Å². The summed E-state index contributed by atoms with van der Waals surface area (Å²) < 4.78 is 5.34. The molecule has 0 bridgehead atoms. The molecular formula is C18H25N3O3. The van der Waals surface area contributed by atoms with Gasteiger partial charge in [-0.3, -0.25) is 0 Å². The Hall–Kier alpha value is -2.50. The number of rotatable bonds is 2. The highest BCUT2D eigenvalue weighted by Gasteiger charge is 2.27. The molecule has 1 heterocycles. The van der Waals surface area contributed by atoms with Crippen molar-refractivity contribution >= 4 is 18.2 Å². The van der Waals surface area contributed by atoms with Crippen molar-refractivity contribution in [3.8, 4) is 0 Å². The lowest BCUT2D eigenvalue weighted by Crippen LogP contribution is -2.53. The Morgan fingerprint density at radius 3 is 2.21 bits per heavy atom. The third-order valence-electron chi connectivity index (χ3n) is 3.50. The molecule has 0 unspecified atom stereocenters. The van der Waals surface area contributed by atoms with Gasteiger partial charge in [0, 0.05) is 32.4 Å². The van der Waals surface area contributed by atoms with Gasteiger partial charge in [0.05, 0.1) is 0 Å². The fourth-order valence-corrected chi connectivity index (χ4v) is 2.28. The van der Waals surface area contributed by atoms with Crippen LogP contribution < -0.4 is 5.32 Å². The molecule has 2 rings (SSSR count). The maximum atomic E-state index is 12.1. The molecule has 0 spiro atoms. The number of carbonyl (C=O) groups is 2. The van der Waals surface area contributed by atoms with Crippen molar-refractivity contribution in [1.29, 1.82) is 0 Å². The first-order chi connectivity index (χ1) is 11.3. The average molecular weight is 331 g/mol. The van der Waals surface area contributed by atoms with Crippen LogP contribution >= 0.6 is 0 Å².